The molecule has 9 heteroatoms. The number of nitrogens with one attached hydrogen (secondary N) is 2. The molecule has 9 nitrogen and oxygen atoms in total. The second-order valence-electron chi connectivity index (χ2n) is 7.19. The van der Waals surface area contributed by atoms with Gasteiger partial charge in [0.1, 0.15) is 6.61 Å². The molecule has 0 saturated carbocycles. The van der Waals surface area contributed by atoms with Crippen LogP contribution in [0.5, 0.6) is 0 Å². The van der Waals surface area contributed by atoms with Crippen molar-refractivity contribution < 1.29 is 19.1 Å². The lowest BCUT2D eigenvalue weighted by atomic mass is 9.88. The van der Waals surface area contributed by atoms with Crippen molar-refractivity contribution in [2.24, 2.45) is 23.2 Å². The summed E-state index contributed by atoms with van der Waals surface area (Å²) in [4.78, 5) is 34.9. The van der Waals surface area contributed by atoms with Gasteiger partial charge in [-0.1, -0.05) is 18.6 Å². The minimum Gasteiger partial charge on any atom is -0.465 e. The molecular formula is C19H35N5O4. The van der Waals surface area contributed by atoms with E-state index in [1.165, 1.54) is 0 Å². The van der Waals surface area contributed by atoms with Crippen LogP contribution in [0.3, 0.4) is 0 Å². The van der Waals surface area contributed by atoms with E-state index >= 15 is 0 Å². The molecule has 1 aliphatic carbocycles. The van der Waals surface area contributed by atoms with Crippen LogP contribution in [0.2, 0.25) is 0 Å². The van der Waals surface area contributed by atoms with Gasteiger partial charge in [0.15, 0.2) is 0 Å². The van der Waals surface area contributed by atoms with Crippen molar-refractivity contribution in [1.82, 2.24) is 10.7 Å². The van der Waals surface area contributed by atoms with E-state index < -0.39 is 11.9 Å². The second-order valence-corrected chi connectivity index (χ2v) is 7.19. The van der Waals surface area contributed by atoms with E-state index in [1.807, 2.05) is 11.5 Å². The van der Waals surface area contributed by atoms with E-state index in [9.17, 15) is 14.4 Å². The number of rotatable bonds is 11. The number of amides is 2. The summed E-state index contributed by atoms with van der Waals surface area (Å²) in [6.45, 7) is 0.539. The Labute approximate surface area is 166 Å². The monoisotopic (exact) mass is 397 g/mol. The third-order valence-corrected chi connectivity index (χ3v) is 4.86. The van der Waals surface area contributed by atoms with Crippen LogP contribution in [-0.4, -0.2) is 43.0 Å². The van der Waals surface area contributed by atoms with Crippen LogP contribution < -0.4 is 28.1 Å². The predicted molar refractivity (Wildman–Crippen MR) is 106 cm³/mol. The first-order chi connectivity index (χ1) is 13.4. The molecule has 0 fully saturated rings. The summed E-state index contributed by atoms with van der Waals surface area (Å²) in [6.07, 6.45) is 10.5. The van der Waals surface area contributed by atoms with E-state index in [0.717, 1.165) is 25.7 Å². The van der Waals surface area contributed by atoms with Crippen LogP contribution in [0.15, 0.2) is 12.2 Å². The van der Waals surface area contributed by atoms with Crippen molar-refractivity contribution in [3.8, 4) is 0 Å². The number of esters is 1. The summed E-state index contributed by atoms with van der Waals surface area (Å²) < 4.78 is 5.18. The van der Waals surface area contributed by atoms with Gasteiger partial charge in [0.05, 0.1) is 18.9 Å². The lowest BCUT2D eigenvalue weighted by Gasteiger charge is -2.22. The van der Waals surface area contributed by atoms with Gasteiger partial charge in [0, 0.05) is 12.6 Å². The topological polar surface area (TPSA) is 163 Å². The fourth-order valence-electron chi connectivity index (χ4n) is 3.08. The molecule has 0 saturated heterocycles. The van der Waals surface area contributed by atoms with E-state index in [0.29, 0.717) is 25.8 Å². The van der Waals surface area contributed by atoms with Crippen LogP contribution in [0, 0.1) is 5.92 Å². The summed E-state index contributed by atoms with van der Waals surface area (Å²) in [6, 6.07) is -0.762. The minimum atomic E-state index is -0.637. The van der Waals surface area contributed by atoms with Gasteiger partial charge in [0.25, 0.3) is 5.91 Å². The van der Waals surface area contributed by atoms with E-state index in [4.69, 9.17) is 22.0 Å². The van der Waals surface area contributed by atoms with Gasteiger partial charge in [-0.2, -0.15) is 0 Å². The standard InChI is InChI=1S/C19H35N5O4/c20-15-8-4-2-1-3-7-14(15)13-18(26)28-12-10-17(25)23-11-6-5-9-16(21)19(27)24-22/h4,8,14-16H,1-3,5-7,9-13,20-22H2,(H,23,25)(H,24,27)/b8-4+/t14-,15+,16?/m0/s1. The van der Waals surface area contributed by atoms with Crippen molar-refractivity contribution >= 4 is 17.8 Å². The number of hydrogen-bond acceptors (Lipinski definition) is 7. The fraction of sp³-hybridized carbons (Fsp3) is 0.737. The number of carbonyl (C=O) groups is 3. The van der Waals surface area contributed by atoms with Crippen molar-refractivity contribution in [2.45, 2.75) is 69.9 Å². The lowest BCUT2D eigenvalue weighted by molar-refractivity contribution is -0.145. The maximum Gasteiger partial charge on any atom is 0.306 e. The normalized spacial score (nSPS) is 21.7. The average molecular weight is 398 g/mol. The number of hydrazine groups is 1. The maximum absolute atomic E-state index is 12.0. The molecule has 0 aromatic heterocycles. The molecule has 0 aromatic carbocycles. The number of nitrogens with two attached hydrogens (primary N) is 3. The Balaban J connectivity index is 2.10. The third-order valence-electron chi connectivity index (χ3n) is 4.86. The molecule has 1 aliphatic rings. The van der Waals surface area contributed by atoms with E-state index in [2.05, 4.69) is 11.4 Å². The SMILES string of the molecule is NNC(=O)C(N)CCCCNC(=O)CCOC(=O)C[C@@H]1CCCC/C=C/[C@H]1N. The van der Waals surface area contributed by atoms with Crippen molar-refractivity contribution in [1.29, 1.82) is 0 Å². The minimum absolute atomic E-state index is 0.0595. The quantitative estimate of drug-likeness (QED) is 0.0817. The largest absolute Gasteiger partial charge is 0.465 e. The van der Waals surface area contributed by atoms with E-state index in [1.54, 1.807) is 0 Å². The van der Waals surface area contributed by atoms with Gasteiger partial charge in [-0.05, 0) is 44.4 Å². The highest BCUT2D eigenvalue weighted by Gasteiger charge is 2.21. The summed E-state index contributed by atoms with van der Waals surface area (Å²) in [5, 5.41) is 2.75. The third kappa shape index (κ3) is 10.4. The zero-order valence-electron chi connectivity index (χ0n) is 16.5. The molecule has 0 heterocycles. The molecule has 0 spiro atoms. The Bertz CT molecular complexity index is 526. The molecular weight excluding hydrogens is 362 g/mol. The Kier molecular flexibility index (Phi) is 12.1. The first kappa shape index (κ1) is 24.1. The first-order valence-corrected chi connectivity index (χ1v) is 10.0. The number of ether oxygens (including phenoxy) is 1. The lowest BCUT2D eigenvalue weighted by Crippen LogP contribution is -2.43. The molecule has 8 N–H and O–H groups in total. The zero-order valence-corrected chi connectivity index (χ0v) is 16.5. The highest BCUT2D eigenvalue weighted by atomic mass is 16.5. The number of carbonyl (C=O) groups excluding carboxylic acids is 3. The van der Waals surface area contributed by atoms with Crippen LogP contribution >= 0.6 is 0 Å². The van der Waals surface area contributed by atoms with Gasteiger partial charge in [0.2, 0.25) is 5.91 Å². The van der Waals surface area contributed by atoms with Crippen LogP contribution in [0.4, 0.5) is 0 Å². The Morgan fingerprint density at radius 3 is 2.75 bits per heavy atom. The summed E-state index contributed by atoms with van der Waals surface area (Å²) >= 11 is 0. The Hall–Kier alpha value is -1.97. The summed E-state index contributed by atoms with van der Waals surface area (Å²) in [5.74, 6) is 4.20. The van der Waals surface area contributed by atoms with Crippen LogP contribution in [-0.2, 0) is 19.1 Å². The summed E-state index contributed by atoms with van der Waals surface area (Å²) in [5.41, 5.74) is 13.7. The van der Waals surface area contributed by atoms with Crippen molar-refractivity contribution in [2.75, 3.05) is 13.2 Å². The fourth-order valence-corrected chi connectivity index (χ4v) is 3.08. The average Bonchev–Trinajstić information content (AvgIpc) is 2.66. The molecule has 160 valence electrons. The van der Waals surface area contributed by atoms with Crippen LogP contribution in [0.25, 0.3) is 0 Å². The number of unbranched alkanes of at least 4 members (excludes halogenated alkanes) is 1. The van der Waals surface area contributed by atoms with Gasteiger partial charge < -0.3 is 21.5 Å². The molecule has 1 unspecified atom stereocenters. The van der Waals surface area contributed by atoms with Crippen molar-refractivity contribution in [3.63, 3.8) is 0 Å². The molecule has 0 bridgehead atoms. The van der Waals surface area contributed by atoms with Gasteiger partial charge in [-0.3, -0.25) is 19.8 Å². The second kappa shape index (κ2) is 14.1. The highest BCUT2D eigenvalue weighted by Crippen LogP contribution is 2.21. The molecule has 2 amide bonds. The van der Waals surface area contributed by atoms with Gasteiger partial charge in [-0.15, -0.1) is 0 Å². The first-order valence-electron chi connectivity index (χ1n) is 10.0. The molecule has 3 atom stereocenters. The van der Waals surface area contributed by atoms with E-state index in [-0.39, 0.29) is 43.3 Å². The highest BCUT2D eigenvalue weighted by molar-refractivity contribution is 5.80. The Morgan fingerprint density at radius 2 is 2.00 bits per heavy atom. The zero-order chi connectivity index (χ0) is 20.8. The van der Waals surface area contributed by atoms with Gasteiger partial charge >= 0.3 is 5.97 Å². The molecule has 1 rings (SSSR count). The maximum atomic E-state index is 12.0. The molecule has 0 aliphatic heterocycles. The number of hydrogen-bond donors (Lipinski definition) is 5. The predicted octanol–water partition coefficient (Wildman–Crippen LogP) is -0.0128. The molecule has 0 radical (unpaired) electrons. The Morgan fingerprint density at radius 1 is 1.21 bits per heavy atom. The number of allylic oxidation sites excluding steroid dienone is 1. The molecule has 28 heavy (non-hydrogen) atoms. The smallest absolute Gasteiger partial charge is 0.306 e. The summed E-state index contributed by atoms with van der Waals surface area (Å²) in [7, 11) is 0. The van der Waals surface area contributed by atoms with Crippen molar-refractivity contribution in [3.05, 3.63) is 12.2 Å². The van der Waals surface area contributed by atoms with Crippen LogP contribution in [0.1, 0.15) is 57.8 Å². The molecule has 0 aromatic rings. The van der Waals surface area contributed by atoms with Gasteiger partial charge in [-0.25, -0.2) is 5.84 Å².